The molecule has 1 aliphatic carbocycles. The zero-order valence-corrected chi connectivity index (χ0v) is 6.29. The van der Waals surface area contributed by atoms with Gasteiger partial charge in [-0.15, -0.1) is 0 Å². The fourth-order valence-corrected chi connectivity index (χ4v) is 1.54. The van der Waals surface area contributed by atoms with Crippen molar-refractivity contribution in [2.75, 3.05) is 0 Å². The average Bonchev–Trinajstić information content (AvgIpc) is 2.14. The van der Waals surface area contributed by atoms with Crippen molar-refractivity contribution in [2.24, 2.45) is 5.92 Å². The van der Waals surface area contributed by atoms with Crippen LogP contribution in [0.5, 0.6) is 0 Å². The molecule has 3 heteroatoms. The third kappa shape index (κ3) is 1.64. The second-order valence-electron chi connectivity index (χ2n) is 2.44. The van der Waals surface area contributed by atoms with E-state index in [1.54, 1.807) is 0 Å². The third-order valence-electron chi connectivity index (χ3n) is 1.67. The van der Waals surface area contributed by atoms with E-state index >= 15 is 0 Å². The predicted octanol–water partition coefficient (Wildman–Crippen LogP) is 0.212. The van der Waals surface area contributed by atoms with Crippen LogP contribution in [0.2, 0.25) is 0 Å². The molecule has 1 saturated carbocycles. The van der Waals surface area contributed by atoms with Gasteiger partial charge >= 0.3 is 61.3 Å². The van der Waals surface area contributed by atoms with Gasteiger partial charge in [-0.05, 0) is 0 Å². The molecule has 9 heavy (non-hydrogen) atoms. The molecule has 1 radical (unpaired) electrons. The molecule has 0 saturated heterocycles. The summed E-state index contributed by atoms with van der Waals surface area (Å²) < 4.78 is 1.25. The Kier molecular flexibility index (Phi) is 2.05. The summed E-state index contributed by atoms with van der Waals surface area (Å²) >= 11 is 2.59. The molecule has 0 aromatic heterocycles. The Bertz CT molecular complexity index is 153. The molecule has 1 fully saturated rings. The summed E-state index contributed by atoms with van der Waals surface area (Å²) in [5.74, 6) is -0.745. The summed E-state index contributed by atoms with van der Waals surface area (Å²) in [4.78, 5) is 10.3. The van der Waals surface area contributed by atoms with Crippen LogP contribution in [0.15, 0.2) is 0 Å². The molecule has 1 unspecified atom stereocenters. The molecule has 0 aliphatic heterocycles. The number of aliphatic carboxylic acids is 1. The van der Waals surface area contributed by atoms with Crippen molar-refractivity contribution in [3.63, 3.8) is 0 Å². The van der Waals surface area contributed by atoms with Crippen LogP contribution in [0.4, 0.5) is 0 Å². The van der Waals surface area contributed by atoms with Gasteiger partial charge in [-0.25, -0.2) is 0 Å². The van der Waals surface area contributed by atoms with Crippen molar-refractivity contribution >= 4 is 26.2 Å². The Labute approximate surface area is 61.8 Å². The van der Waals surface area contributed by atoms with Crippen LogP contribution in [0, 0.1) is 5.92 Å². The first-order valence-corrected chi connectivity index (χ1v) is 3.61. The molecule has 0 aromatic rings. The van der Waals surface area contributed by atoms with E-state index < -0.39 is 5.97 Å². The Morgan fingerprint density at radius 1 is 1.78 bits per heavy atom. The van der Waals surface area contributed by atoms with E-state index in [0.29, 0.717) is 0 Å². The van der Waals surface area contributed by atoms with Gasteiger partial charge in [0.25, 0.3) is 0 Å². The summed E-state index contributed by atoms with van der Waals surface area (Å²) in [6.07, 6.45) is 2.57. The van der Waals surface area contributed by atoms with Gasteiger partial charge in [-0.3, -0.25) is 0 Å². The van der Waals surface area contributed by atoms with Gasteiger partial charge in [-0.1, -0.05) is 0 Å². The fraction of sp³-hybridized carbons (Fsp3) is 0.667. The van der Waals surface area contributed by atoms with Crippen LogP contribution in [-0.2, 0) is 4.79 Å². The van der Waals surface area contributed by atoms with Crippen molar-refractivity contribution in [1.82, 2.24) is 0 Å². The second kappa shape index (κ2) is 2.64. The summed E-state index contributed by atoms with van der Waals surface area (Å²) in [6, 6.07) is 0. The molecular formula is C6H8AlO2. The molecule has 1 aliphatic rings. The molecule has 0 spiro atoms. The van der Waals surface area contributed by atoms with E-state index in [9.17, 15) is 4.79 Å². The Morgan fingerprint density at radius 3 is 2.67 bits per heavy atom. The molecule has 47 valence electrons. The molecule has 2 nitrogen and oxygen atoms in total. The van der Waals surface area contributed by atoms with Crippen molar-refractivity contribution in [3.05, 3.63) is 0 Å². The summed E-state index contributed by atoms with van der Waals surface area (Å²) in [6.45, 7) is 0. The van der Waals surface area contributed by atoms with Crippen LogP contribution >= 0.6 is 0 Å². The molecule has 0 heterocycles. The number of carboxylic acids is 1. The average molecular weight is 139 g/mol. The first-order chi connectivity index (χ1) is 4.20. The van der Waals surface area contributed by atoms with Gasteiger partial charge < -0.3 is 0 Å². The van der Waals surface area contributed by atoms with Crippen LogP contribution in [-0.4, -0.2) is 31.3 Å². The van der Waals surface area contributed by atoms with Crippen LogP contribution in [0.3, 0.4) is 0 Å². The number of hydrogen-bond donors (Lipinski definition) is 1. The standard InChI is InChI=1S/C6H8O2.Al/c7-6(8)5-3-1-2-4-5;/h5H,1,3-4H2,(H,7,8);. The fourth-order valence-electron chi connectivity index (χ4n) is 1.09. The van der Waals surface area contributed by atoms with Crippen molar-refractivity contribution in [3.8, 4) is 0 Å². The molecule has 1 atom stereocenters. The molecular weight excluding hydrogens is 131 g/mol. The molecule has 0 bridgehead atoms. The number of hydrogen-bond acceptors (Lipinski definition) is 1. The van der Waals surface area contributed by atoms with Crippen LogP contribution in [0.1, 0.15) is 19.3 Å². The Balaban J connectivity index is 2.48. The van der Waals surface area contributed by atoms with Gasteiger partial charge in [0.05, 0.1) is 0 Å². The maximum atomic E-state index is 10.3. The zero-order valence-electron chi connectivity index (χ0n) is 5.13. The van der Waals surface area contributed by atoms with Crippen LogP contribution < -0.4 is 0 Å². The predicted molar refractivity (Wildman–Crippen MR) is 35.7 cm³/mol. The molecule has 1 rings (SSSR count). The van der Waals surface area contributed by atoms with Gasteiger partial charge in [0.2, 0.25) is 0 Å². The SMILES string of the molecule is O=C(O)C1CC[C](=[Al])C1. The minimum absolute atomic E-state index is 0.0995. The van der Waals surface area contributed by atoms with Gasteiger partial charge in [-0.2, -0.15) is 0 Å². The monoisotopic (exact) mass is 139 g/mol. The first kappa shape index (κ1) is 6.99. The topological polar surface area (TPSA) is 37.3 Å². The number of rotatable bonds is 1. The minimum atomic E-state index is -0.646. The van der Waals surface area contributed by atoms with Crippen molar-refractivity contribution in [2.45, 2.75) is 19.3 Å². The molecule has 1 N–H and O–H groups in total. The normalized spacial score (nSPS) is 26.6. The number of carboxylic acid groups (broad SMARTS) is 1. The van der Waals surface area contributed by atoms with Gasteiger partial charge in [0, 0.05) is 0 Å². The van der Waals surface area contributed by atoms with Gasteiger partial charge in [0.1, 0.15) is 0 Å². The zero-order chi connectivity index (χ0) is 6.85. The first-order valence-electron chi connectivity index (χ1n) is 3.03. The summed E-state index contributed by atoms with van der Waals surface area (Å²) in [5.41, 5.74) is 0. The van der Waals surface area contributed by atoms with E-state index in [1.165, 1.54) is 4.38 Å². The Hall–Kier alpha value is -0.128. The maximum absolute atomic E-state index is 10.3. The molecule has 0 amide bonds. The Morgan fingerprint density at radius 2 is 2.44 bits per heavy atom. The van der Waals surface area contributed by atoms with Crippen molar-refractivity contribution in [1.29, 1.82) is 0 Å². The van der Waals surface area contributed by atoms with E-state index in [1.807, 2.05) is 0 Å². The van der Waals surface area contributed by atoms with E-state index in [0.717, 1.165) is 19.3 Å². The van der Waals surface area contributed by atoms with E-state index in [2.05, 4.69) is 15.9 Å². The van der Waals surface area contributed by atoms with Crippen LogP contribution in [0.25, 0.3) is 0 Å². The van der Waals surface area contributed by atoms with Gasteiger partial charge in [0.15, 0.2) is 0 Å². The van der Waals surface area contributed by atoms with Crippen molar-refractivity contribution < 1.29 is 9.90 Å². The number of carbonyl (C=O) groups is 1. The summed E-state index contributed by atoms with van der Waals surface area (Å²) in [7, 11) is 0. The quantitative estimate of drug-likeness (QED) is 0.527. The molecule has 0 aromatic carbocycles. The van der Waals surface area contributed by atoms with E-state index in [4.69, 9.17) is 5.11 Å². The second-order valence-corrected chi connectivity index (χ2v) is 3.25. The third-order valence-corrected chi connectivity index (χ3v) is 2.20. The van der Waals surface area contributed by atoms with E-state index in [-0.39, 0.29) is 5.92 Å². The summed E-state index contributed by atoms with van der Waals surface area (Å²) in [5, 5.41) is 8.51.